The van der Waals surface area contributed by atoms with Crippen molar-refractivity contribution < 1.29 is 14.3 Å². The van der Waals surface area contributed by atoms with Crippen LogP contribution < -0.4 is 5.32 Å². The summed E-state index contributed by atoms with van der Waals surface area (Å²) >= 11 is 5.81. The predicted octanol–water partition coefficient (Wildman–Crippen LogP) is 4.96. The number of benzene rings is 3. The van der Waals surface area contributed by atoms with E-state index < -0.39 is 17.6 Å². The first-order chi connectivity index (χ1) is 12.1. The molecule has 0 unspecified atom stereocenters. The van der Waals surface area contributed by atoms with Crippen molar-refractivity contribution >= 4 is 23.2 Å². The lowest BCUT2D eigenvalue weighted by Gasteiger charge is -2.18. The number of amides is 1. The van der Waals surface area contributed by atoms with Gasteiger partial charge in [-0.1, -0.05) is 72.3 Å². The quantitative estimate of drug-likeness (QED) is 0.650. The van der Waals surface area contributed by atoms with Crippen molar-refractivity contribution in [1.29, 1.82) is 0 Å². The molecule has 0 spiro atoms. The number of nitrogens with one attached hydrogen (secondary N) is 1. The molecule has 0 heterocycles. The zero-order valence-electron chi connectivity index (χ0n) is 13.1. The van der Waals surface area contributed by atoms with Crippen LogP contribution in [0.15, 0.2) is 72.8 Å². The number of carbonyl (C=O) groups excluding carboxylic acids is 1. The molecule has 0 aliphatic carbocycles. The van der Waals surface area contributed by atoms with E-state index in [4.69, 9.17) is 11.6 Å². The smallest absolute Gasteiger partial charge is 0.236 e. The summed E-state index contributed by atoms with van der Waals surface area (Å²) in [4.78, 5) is 12.9. The second-order valence-electron chi connectivity index (χ2n) is 5.53. The highest BCUT2D eigenvalue weighted by atomic mass is 35.5. The summed E-state index contributed by atoms with van der Waals surface area (Å²) in [6.45, 7) is 0. The minimum Gasteiger partial charge on any atom is -0.506 e. The van der Waals surface area contributed by atoms with Crippen LogP contribution in [0.2, 0.25) is 5.02 Å². The average molecular weight is 356 g/mol. The van der Waals surface area contributed by atoms with E-state index in [1.807, 2.05) is 60.7 Å². The van der Waals surface area contributed by atoms with Gasteiger partial charge in [0.1, 0.15) is 11.6 Å². The van der Waals surface area contributed by atoms with Crippen LogP contribution in [0, 0.1) is 5.82 Å². The molecule has 0 bridgehead atoms. The number of hydrogen-bond donors (Lipinski definition) is 2. The van der Waals surface area contributed by atoms with E-state index in [-0.39, 0.29) is 16.5 Å². The molecule has 25 heavy (non-hydrogen) atoms. The fourth-order valence-corrected chi connectivity index (χ4v) is 2.79. The SMILES string of the molecule is O=C(Nc1cc(Cl)c(O)cc1F)C(c1ccccc1)c1ccccc1. The van der Waals surface area contributed by atoms with Crippen LogP contribution >= 0.6 is 11.6 Å². The van der Waals surface area contributed by atoms with Crippen molar-refractivity contribution in [3.05, 3.63) is 94.8 Å². The highest BCUT2D eigenvalue weighted by Crippen LogP contribution is 2.31. The van der Waals surface area contributed by atoms with Gasteiger partial charge < -0.3 is 10.4 Å². The Morgan fingerprint density at radius 3 is 2.00 bits per heavy atom. The third-order valence-corrected chi connectivity index (χ3v) is 4.13. The predicted molar refractivity (Wildman–Crippen MR) is 96.4 cm³/mol. The Morgan fingerprint density at radius 2 is 1.48 bits per heavy atom. The van der Waals surface area contributed by atoms with E-state index in [0.29, 0.717) is 0 Å². The van der Waals surface area contributed by atoms with Gasteiger partial charge in [-0.15, -0.1) is 0 Å². The highest BCUT2D eigenvalue weighted by molar-refractivity contribution is 6.32. The van der Waals surface area contributed by atoms with Crippen molar-refractivity contribution in [2.45, 2.75) is 5.92 Å². The molecule has 3 rings (SSSR count). The summed E-state index contributed by atoms with van der Waals surface area (Å²) in [7, 11) is 0. The van der Waals surface area contributed by atoms with Crippen LogP contribution in [0.25, 0.3) is 0 Å². The van der Waals surface area contributed by atoms with Gasteiger partial charge in [0.25, 0.3) is 0 Å². The number of anilines is 1. The summed E-state index contributed by atoms with van der Waals surface area (Å²) in [5, 5.41) is 12.0. The largest absolute Gasteiger partial charge is 0.506 e. The van der Waals surface area contributed by atoms with E-state index in [1.165, 1.54) is 6.07 Å². The van der Waals surface area contributed by atoms with Gasteiger partial charge in [0.05, 0.1) is 16.6 Å². The maximum atomic E-state index is 14.0. The molecule has 0 aromatic heterocycles. The monoisotopic (exact) mass is 355 g/mol. The summed E-state index contributed by atoms with van der Waals surface area (Å²) in [5.74, 6) is -2.12. The Bertz CT molecular complexity index is 845. The minimum atomic E-state index is -0.755. The lowest BCUT2D eigenvalue weighted by atomic mass is 9.90. The Labute approximate surface area is 149 Å². The first-order valence-electron chi connectivity index (χ1n) is 7.65. The fourth-order valence-electron chi connectivity index (χ4n) is 2.62. The van der Waals surface area contributed by atoms with Gasteiger partial charge in [0, 0.05) is 6.07 Å². The number of phenolic OH excluding ortho intramolecular Hbond substituents is 1. The van der Waals surface area contributed by atoms with Crippen LogP contribution in [0.5, 0.6) is 5.75 Å². The molecule has 0 saturated heterocycles. The van der Waals surface area contributed by atoms with Crippen molar-refractivity contribution in [2.24, 2.45) is 0 Å². The summed E-state index contributed by atoms with van der Waals surface area (Å²) in [5.41, 5.74) is 1.50. The molecular weight excluding hydrogens is 341 g/mol. The molecule has 3 aromatic carbocycles. The second kappa shape index (κ2) is 7.36. The zero-order chi connectivity index (χ0) is 17.8. The van der Waals surface area contributed by atoms with Gasteiger partial charge in [-0.2, -0.15) is 0 Å². The van der Waals surface area contributed by atoms with Crippen LogP contribution in [0.3, 0.4) is 0 Å². The van der Waals surface area contributed by atoms with Gasteiger partial charge in [-0.05, 0) is 17.2 Å². The van der Waals surface area contributed by atoms with Crippen LogP contribution in [-0.2, 0) is 4.79 Å². The van der Waals surface area contributed by atoms with E-state index in [2.05, 4.69) is 5.32 Å². The lowest BCUT2D eigenvalue weighted by molar-refractivity contribution is -0.116. The molecule has 0 saturated carbocycles. The molecule has 0 fully saturated rings. The van der Waals surface area contributed by atoms with Gasteiger partial charge in [0.15, 0.2) is 0 Å². The number of carbonyl (C=O) groups is 1. The molecule has 5 heteroatoms. The lowest BCUT2D eigenvalue weighted by Crippen LogP contribution is -2.22. The summed E-state index contributed by atoms with van der Waals surface area (Å²) < 4.78 is 14.0. The normalized spacial score (nSPS) is 10.7. The first kappa shape index (κ1) is 17.0. The topological polar surface area (TPSA) is 49.3 Å². The average Bonchev–Trinajstić information content (AvgIpc) is 2.62. The Balaban J connectivity index is 1.97. The maximum Gasteiger partial charge on any atom is 0.236 e. The third kappa shape index (κ3) is 3.80. The van der Waals surface area contributed by atoms with Crippen molar-refractivity contribution in [2.75, 3.05) is 5.32 Å². The number of aromatic hydroxyl groups is 1. The first-order valence-corrected chi connectivity index (χ1v) is 8.03. The van der Waals surface area contributed by atoms with Crippen molar-refractivity contribution in [3.63, 3.8) is 0 Å². The molecule has 2 N–H and O–H groups in total. The van der Waals surface area contributed by atoms with Gasteiger partial charge in [-0.3, -0.25) is 4.79 Å². The Hall–Kier alpha value is -2.85. The van der Waals surface area contributed by atoms with E-state index in [0.717, 1.165) is 17.2 Å². The summed E-state index contributed by atoms with van der Waals surface area (Å²) in [6, 6.07) is 20.5. The van der Waals surface area contributed by atoms with Crippen LogP contribution in [0.4, 0.5) is 10.1 Å². The fraction of sp³-hybridized carbons (Fsp3) is 0.0500. The van der Waals surface area contributed by atoms with E-state index in [9.17, 15) is 14.3 Å². The third-order valence-electron chi connectivity index (χ3n) is 3.82. The standard InChI is InChI=1S/C20H15ClFNO2/c21-15-11-17(16(22)12-18(15)24)23-20(25)19(13-7-3-1-4-8-13)14-9-5-2-6-10-14/h1-12,19,24H,(H,23,25). The van der Waals surface area contributed by atoms with Crippen LogP contribution in [0.1, 0.15) is 17.0 Å². The summed E-state index contributed by atoms with van der Waals surface area (Å²) in [6.07, 6.45) is 0. The van der Waals surface area contributed by atoms with Crippen LogP contribution in [-0.4, -0.2) is 11.0 Å². The number of halogens is 2. The number of hydrogen-bond acceptors (Lipinski definition) is 2. The van der Waals surface area contributed by atoms with E-state index >= 15 is 0 Å². The van der Waals surface area contributed by atoms with Gasteiger partial charge in [0.2, 0.25) is 5.91 Å². The maximum absolute atomic E-state index is 14.0. The van der Waals surface area contributed by atoms with Gasteiger partial charge >= 0.3 is 0 Å². The molecule has 0 radical (unpaired) electrons. The molecule has 0 atom stereocenters. The Kier molecular flexibility index (Phi) is 5.00. The number of rotatable bonds is 4. The van der Waals surface area contributed by atoms with Gasteiger partial charge in [-0.25, -0.2) is 4.39 Å². The van der Waals surface area contributed by atoms with E-state index in [1.54, 1.807) is 0 Å². The Morgan fingerprint density at radius 1 is 0.960 bits per heavy atom. The molecular formula is C20H15ClFNO2. The minimum absolute atomic E-state index is 0.0346. The molecule has 3 aromatic rings. The highest BCUT2D eigenvalue weighted by Gasteiger charge is 2.23. The zero-order valence-corrected chi connectivity index (χ0v) is 13.9. The molecule has 0 aliphatic heterocycles. The molecule has 1 amide bonds. The second-order valence-corrected chi connectivity index (χ2v) is 5.93. The molecule has 126 valence electrons. The number of phenols is 1. The van der Waals surface area contributed by atoms with Crippen molar-refractivity contribution in [3.8, 4) is 5.75 Å². The molecule has 0 aliphatic rings. The van der Waals surface area contributed by atoms with Crippen molar-refractivity contribution in [1.82, 2.24) is 0 Å². The molecule has 3 nitrogen and oxygen atoms in total.